The van der Waals surface area contributed by atoms with Crippen molar-refractivity contribution in [1.29, 1.82) is 0 Å². The predicted molar refractivity (Wildman–Crippen MR) is 106 cm³/mol. The molecule has 0 radical (unpaired) electrons. The van der Waals surface area contributed by atoms with E-state index in [4.69, 9.17) is 14.0 Å². The van der Waals surface area contributed by atoms with Gasteiger partial charge in [0.2, 0.25) is 0 Å². The summed E-state index contributed by atoms with van der Waals surface area (Å²) in [7, 11) is 1.55. The van der Waals surface area contributed by atoms with Gasteiger partial charge in [-0.2, -0.15) is 0 Å². The van der Waals surface area contributed by atoms with E-state index in [0.717, 1.165) is 11.1 Å². The zero-order chi connectivity index (χ0) is 20.6. The molecule has 0 saturated carbocycles. The second kappa shape index (κ2) is 9.54. The van der Waals surface area contributed by atoms with Gasteiger partial charge in [0.05, 0.1) is 26.2 Å². The summed E-state index contributed by atoms with van der Waals surface area (Å²) in [5.41, 5.74) is 1.66. The highest BCUT2D eigenvalue weighted by Crippen LogP contribution is 2.24. The average molecular weight is 394 g/mol. The Morgan fingerprint density at radius 2 is 1.90 bits per heavy atom. The van der Waals surface area contributed by atoms with Gasteiger partial charge in [-0.05, 0) is 24.6 Å². The van der Waals surface area contributed by atoms with Crippen LogP contribution in [-0.4, -0.2) is 30.7 Å². The van der Waals surface area contributed by atoms with Crippen molar-refractivity contribution < 1.29 is 23.6 Å². The van der Waals surface area contributed by atoms with E-state index in [9.17, 15) is 9.59 Å². The van der Waals surface area contributed by atoms with Gasteiger partial charge in [-0.3, -0.25) is 9.59 Å². The lowest BCUT2D eigenvalue weighted by Crippen LogP contribution is -2.31. The van der Waals surface area contributed by atoms with Crippen molar-refractivity contribution in [2.24, 2.45) is 0 Å². The Hall–Kier alpha value is -3.61. The van der Waals surface area contributed by atoms with Crippen molar-refractivity contribution in [3.05, 3.63) is 71.9 Å². The molecule has 7 nitrogen and oxygen atoms in total. The van der Waals surface area contributed by atoms with Crippen LogP contribution in [0.4, 0.5) is 0 Å². The second-order valence-corrected chi connectivity index (χ2v) is 6.25. The monoisotopic (exact) mass is 394 g/mol. The second-order valence-electron chi connectivity index (χ2n) is 6.25. The van der Waals surface area contributed by atoms with Gasteiger partial charge < -0.3 is 19.3 Å². The van der Waals surface area contributed by atoms with Crippen LogP contribution in [0.2, 0.25) is 0 Å². The molecule has 1 N–H and O–H groups in total. The summed E-state index contributed by atoms with van der Waals surface area (Å²) in [6, 6.07) is 17.5. The summed E-state index contributed by atoms with van der Waals surface area (Å²) in [5, 5.41) is 6.70. The van der Waals surface area contributed by atoms with Gasteiger partial charge in [-0.15, -0.1) is 0 Å². The lowest BCUT2D eigenvalue weighted by Gasteiger charge is -2.18. The van der Waals surface area contributed by atoms with Crippen LogP contribution in [0, 0.1) is 0 Å². The highest BCUT2D eigenvalue weighted by molar-refractivity contribution is 5.93. The van der Waals surface area contributed by atoms with Crippen LogP contribution in [0.15, 0.2) is 65.2 Å². The lowest BCUT2D eigenvalue weighted by molar-refractivity contribution is -0.143. The van der Waals surface area contributed by atoms with Crippen molar-refractivity contribution in [2.75, 3.05) is 13.7 Å². The Labute approximate surface area is 168 Å². The van der Waals surface area contributed by atoms with Crippen molar-refractivity contribution in [1.82, 2.24) is 10.5 Å². The standard InChI is InChI=1S/C22H22N2O5/c1-3-28-21(25)14-18(16-10-7-11-17(12-16)27-2)23-22(26)19-13-20(29-24-19)15-8-5-4-6-9-15/h4-13,18H,3,14H2,1-2H3,(H,23,26). The molecule has 0 aliphatic carbocycles. The summed E-state index contributed by atoms with van der Waals surface area (Å²) in [6.45, 7) is 2.00. The van der Waals surface area contributed by atoms with Crippen molar-refractivity contribution >= 4 is 11.9 Å². The van der Waals surface area contributed by atoms with Crippen molar-refractivity contribution in [3.63, 3.8) is 0 Å². The van der Waals surface area contributed by atoms with E-state index < -0.39 is 17.9 Å². The number of carbonyl (C=O) groups is 2. The summed E-state index contributed by atoms with van der Waals surface area (Å²) in [4.78, 5) is 24.8. The maximum atomic E-state index is 12.7. The topological polar surface area (TPSA) is 90.7 Å². The molecule has 1 atom stereocenters. The molecule has 0 fully saturated rings. The molecule has 3 aromatic rings. The molecule has 1 heterocycles. The summed E-state index contributed by atoms with van der Waals surface area (Å²) < 4.78 is 15.6. The third kappa shape index (κ3) is 5.22. The third-order valence-corrected chi connectivity index (χ3v) is 4.28. The molecule has 1 unspecified atom stereocenters. The number of benzene rings is 2. The van der Waals surface area contributed by atoms with Crippen LogP contribution >= 0.6 is 0 Å². The number of aromatic nitrogens is 1. The largest absolute Gasteiger partial charge is 0.497 e. The molecule has 0 spiro atoms. The number of nitrogens with one attached hydrogen (secondary N) is 1. The molecule has 7 heteroatoms. The Bertz CT molecular complexity index is 968. The number of carbonyl (C=O) groups excluding carboxylic acids is 2. The molecular formula is C22H22N2O5. The molecule has 0 aliphatic heterocycles. The number of nitrogens with zero attached hydrogens (tertiary/aromatic N) is 1. The summed E-state index contributed by atoms with van der Waals surface area (Å²) >= 11 is 0. The minimum atomic E-state index is -0.603. The number of rotatable bonds is 8. The first-order valence-electron chi connectivity index (χ1n) is 9.23. The fourth-order valence-electron chi connectivity index (χ4n) is 2.85. The molecule has 150 valence electrons. The summed E-state index contributed by atoms with van der Waals surface area (Å²) in [5.74, 6) is 0.247. The van der Waals surface area contributed by atoms with E-state index in [0.29, 0.717) is 11.5 Å². The van der Waals surface area contributed by atoms with Crippen LogP contribution in [0.5, 0.6) is 5.75 Å². The zero-order valence-corrected chi connectivity index (χ0v) is 16.3. The first-order chi connectivity index (χ1) is 14.1. The Kier molecular flexibility index (Phi) is 6.63. The van der Waals surface area contributed by atoms with E-state index in [1.54, 1.807) is 38.3 Å². The molecule has 29 heavy (non-hydrogen) atoms. The average Bonchev–Trinajstić information content (AvgIpc) is 3.24. The Morgan fingerprint density at radius 1 is 1.10 bits per heavy atom. The Balaban J connectivity index is 1.80. The number of esters is 1. The maximum Gasteiger partial charge on any atom is 0.308 e. The van der Waals surface area contributed by atoms with E-state index in [2.05, 4.69) is 10.5 Å². The van der Waals surface area contributed by atoms with Gasteiger partial charge in [-0.1, -0.05) is 47.6 Å². The normalized spacial score (nSPS) is 11.5. The minimum absolute atomic E-state index is 0.0177. The van der Waals surface area contributed by atoms with Crippen LogP contribution in [-0.2, 0) is 9.53 Å². The van der Waals surface area contributed by atoms with Crippen LogP contribution < -0.4 is 10.1 Å². The molecule has 3 rings (SSSR count). The first kappa shape index (κ1) is 20.1. The van der Waals surface area contributed by atoms with Crippen LogP contribution in [0.3, 0.4) is 0 Å². The highest BCUT2D eigenvalue weighted by atomic mass is 16.5. The van der Waals surface area contributed by atoms with E-state index in [1.165, 1.54) is 0 Å². The zero-order valence-electron chi connectivity index (χ0n) is 16.3. The third-order valence-electron chi connectivity index (χ3n) is 4.28. The molecular weight excluding hydrogens is 372 g/mol. The summed E-state index contributed by atoms with van der Waals surface area (Å²) in [6.07, 6.45) is -0.0177. The number of methoxy groups -OCH3 is 1. The van der Waals surface area contributed by atoms with Gasteiger partial charge in [-0.25, -0.2) is 0 Å². The number of ether oxygens (including phenoxy) is 2. The SMILES string of the molecule is CCOC(=O)CC(NC(=O)c1cc(-c2ccccc2)on1)c1cccc(OC)c1. The van der Waals surface area contributed by atoms with E-state index in [-0.39, 0.29) is 18.7 Å². The molecule has 0 bridgehead atoms. The minimum Gasteiger partial charge on any atom is -0.497 e. The van der Waals surface area contributed by atoms with E-state index in [1.807, 2.05) is 36.4 Å². The van der Waals surface area contributed by atoms with Crippen LogP contribution in [0.25, 0.3) is 11.3 Å². The van der Waals surface area contributed by atoms with Gasteiger partial charge >= 0.3 is 5.97 Å². The number of hydrogen-bond donors (Lipinski definition) is 1. The molecule has 1 aromatic heterocycles. The quantitative estimate of drug-likeness (QED) is 0.585. The van der Waals surface area contributed by atoms with Gasteiger partial charge in [0.25, 0.3) is 5.91 Å². The van der Waals surface area contributed by atoms with E-state index >= 15 is 0 Å². The smallest absolute Gasteiger partial charge is 0.308 e. The number of hydrogen-bond acceptors (Lipinski definition) is 6. The van der Waals surface area contributed by atoms with Crippen LogP contribution in [0.1, 0.15) is 35.4 Å². The predicted octanol–water partition coefficient (Wildman–Crippen LogP) is 3.77. The van der Waals surface area contributed by atoms with Crippen molar-refractivity contribution in [3.8, 4) is 17.1 Å². The highest BCUT2D eigenvalue weighted by Gasteiger charge is 2.22. The first-order valence-corrected chi connectivity index (χ1v) is 9.23. The van der Waals surface area contributed by atoms with Gasteiger partial charge in [0.15, 0.2) is 11.5 Å². The fraction of sp³-hybridized carbons (Fsp3) is 0.227. The maximum absolute atomic E-state index is 12.7. The number of amides is 1. The van der Waals surface area contributed by atoms with Gasteiger partial charge in [0.1, 0.15) is 5.75 Å². The molecule has 0 aliphatic rings. The molecule has 2 aromatic carbocycles. The van der Waals surface area contributed by atoms with Crippen molar-refractivity contribution in [2.45, 2.75) is 19.4 Å². The lowest BCUT2D eigenvalue weighted by atomic mass is 10.0. The van der Waals surface area contributed by atoms with Gasteiger partial charge in [0, 0.05) is 11.6 Å². The molecule has 1 amide bonds. The Morgan fingerprint density at radius 3 is 2.62 bits per heavy atom. The fourth-order valence-corrected chi connectivity index (χ4v) is 2.85. The molecule has 0 saturated heterocycles.